The molecule has 0 unspecified atom stereocenters. The molecule has 0 radical (unpaired) electrons. The van der Waals surface area contributed by atoms with E-state index in [4.69, 9.17) is 0 Å². The maximum atomic E-state index is 9.52. The lowest BCUT2D eigenvalue weighted by molar-refractivity contribution is 0.827. The van der Waals surface area contributed by atoms with Gasteiger partial charge in [-0.15, -0.1) is 0 Å². The van der Waals surface area contributed by atoms with Crippen molar-refractivity contribution in [3.63, 3.8) is 0 Å². The van der Waals surface area contributed by atoms with Crippen molar-refractivity contribution in [3.05, 3.63) is 142 Å². The predicted octanol–water partition coefficient (Wildman–Crippen LogP) is 8.06. The van der Waals surface area contributed by atoms with E-state index >= 15 is 0 Å². The summed E-state index contributed by atoms with van der Waals surface area (Å²) in [5, 5.41) is 9.52. The van der Waals surface area contributed by atoms with Crippen molar-refractivity contribution in [2.75, 3.05) is 0 Å². The van der Waals surface area contributed by atoms with Gasteiger partial charge >= 0.3 is 0 Å². The second kappa shape index (κ2) is 7.30. The minimum absolute atomic E-state index is 0.277. The molecule has 0 aliphatic heterocycles. The zero-order chi connectivity index (χ0) is 23.8. The Balaban J connectivity index is 1.46. The summed E-state index contributed by atoms with van der Waals surface area (Å²) >= 11 is 0. The van der Waals surface area contributed by atoms with Crippen molar-refractivity contribution in [2.45, 2.75) is 25.2 Å². The van der Waals surface area contributed by atoms with E-state index in [2.05, 4.69) is 91.0 Å². The van der Waals surface area contributed by atoms with Gasteiger partial charge in [0.2, 0.25) is 0 Å². The molecule has 0 aromatic heterocycles. The first-order valence-electron chi connectivity index (χ1n) is 12.8. The Labute approximate surface area is 211 Å². The fraction of sp³-hybridized carbons (Fsp3) is 0.114. The molecule has 8 rings (SSSR count). The zero-order valence-corrected chi connectivity index (χ0v) is 19.9. The Bertz CT molecular complexity index is 1760. The van der Waals surface area contributed by atoms with E-state index < -0.39 is 0 Å². The van der Waals surface area contributed by atoms with Gasteiger partial charge in [0.1, 0.15) is 0 Å². The molecule has 3 aliphatic rings. The molecule has 1 nitrogen and oxygen atoms in total. The number of nitrogens with zero attached hydrogens (tertiary/aromatic N) is 1. The number of rotatable bonds is 2. The van der Waals surface area contributed by atoms with Gasteiger partial charge in [-0.1, -0.05) is 84.9 Å². The van der Waals surface area contributed by atoms with Crippen LogP contribution < -0.4 is 0 Å². The summed E-state index contributed by atoms with van der Waals surface area (Å²) in [4.78, 5) is 0. The predicted molar refractivity (Wildman–Crippen MR) is 145 cm³/mol. The number of fused-ring (bicyclic) bond motifs is 12. The van der Waals surface area contributed by atoms with Crippen molar-refractivity contribution in [2.24, 2.45) is 0 Å². The molecule has 0 heterocycles. The Kier molecular flexibility index (Phi) is 4.02. The lowest BCUT2D eigenvalue weighted by Crippen LogP contribution is -2.05. The van der Waals surface area contributed by atoms with Gasteiger partial charge < -0.3 is 0 Å². The SMILES string of the molecule is N#Cc1cccc(C[C@@H]2c3ccccc3-c3c4c(c5c(c32)-c2ccccc2C5)-c2ccccc2C4)c1. The first-order chi connectivity index (χ1) is 17.8. The third-order valence-electron chi connectivity index (χ3n) is 8.50. The monoisotopic (exact) mass is 457 g/mol. The van der Waals surface area contributed by atoms with E-state index in [-0.39, 0.29) is 5.92 Å². The standard InChI is InChI=1S/C35H23N/c36-20-22-9-7-8-21(16-22)17-29-27-14-5-6-15-28(27)34-31-18-23-10-1-3-12-25(23)32(31)30-19-24-11-2-4-13-26(24)33(30)35(29)34/h1-16,29H,17-19H2/t29-/m1/s1. The molecule has 3 aliphatic carbocycles. The molecule has 0 N–H and O–H groups in total. The summed E-state index contributed by atoms with van der Waals surface area (Å²) in [6.45, 7) is 0. The zero-order valence-electron chi connectivity index (χ0n) is 19.9. The molecule has 0 saturated carbocycles. The molecule has 168 valence electrons. The van der Waals surface area contributed by atoms with Crippen LogP contribution in [0.3, 0.4) is 0 Å². The maximum absolute atomic E-state index is 9.52. The summed E-state index contributed by atoms with van der Waals surface area (Å²) in [6.07, 6.45) is 2.91. The highest BCUT2D eigenvalue weighted by atomic mass is 14.4. The van der Waals surface area contributed by atoms with Crippen molar-refractivity contribution in [3.8, 4) is 39.4 Å². The van der Waals surface area contributed by atoms with Crippen LogP contribution in [0.1, 0.15) is 50.4 Å². The second-order valence-electron chi connectivity index (χ2n) is 10.3. The lowest BCUT2D eigenvalue weighted by atomic mass is 9.82. The molecule has 0 amide bonds. The van der Waals surface area contributed by atoms with E-state index in [1.807, 2.05) is 12.1 Å². The summed E-state index contributed by atoms with van der Waals surface area (Å²) in [5.74, 6) is 0.277. The van der Waals surface area contributed by atoms with Gasteiger partial charge in [0.15, 0.2) is 0 Å². The maximum Gasteiger partial charge on any atom is 0.0991 e. The lowest BCUT2D eigenvalue weighted by Gasteiger charge is -2.21. The molecule has 36 heavy (non-hydrogen) atoms. The van der Waals surface area contributed by atoms with Gasteiger partial charge in [-0.25, -0.2) is 0 Å². The Morgan fingerprint density at radius 3 is 1.97 bits per heavy atom. The van der Waals surface area contributed by atoms with Gasteiger partial charge in [-0.05, 0) is 104 Å². The van der Waals surface area contributed by atoms with E-state index in [0.29, 0.717) is 0 Å². The average molecular weight is 458 g/mol. The van der Waals surface area contributed by atoms with Gasteiger partial charge in [0.05, 0.1) is 11.6 Å². The Hall–Kier alpha value is -4.41. The van der Waals surface area contributed by atoms with Crippen LogP contribution in [0.2, 0.25) is 0 Å². The third-order valence-corrected chi connectivity index (χ3v) is 8.50. The molecule has 5 aromatic rings. The summed E-state index contributed by atoms with van der Waals surface area (Å²) in [7, 11) is 0. The van der Waals surface area contributed by atoms with Crippen LogP contribution in [0, 0.1) is 11.3 Å². The first kappa shape index (κ1) is 19.8. The molecule has 1 atom stereocenters. The van der Waals surface area contributed by atoms with Gasteiger partial charge in [0.25, 0.3) is 0 Å². The van der Waals surface area contributed by atoms with E-state index in [9.17, 15) is 5.26 Å². The number of hydrogen-bond donors (Lipinski definition) is 0. The second-order valence-corrected chi connectivity index (χ2v) is 10.3. The summed E-state index contributed by atoms with van der Waals surface area (Å²) in [5.41, 5.74) is 19.4. The Morgan fingerprint density at radius 2 is 1.25 bits per heavy atom. The van der Waals surface area contributed by atoms with Gasteiger partial charge in [-0.2, -0.15) is 5.26 Å². The van der Waals surface area contributed by atoms with Crippen molar-refractivity contribution >= 4 is 0 Å². The average Bonchev–Trinajstić information content (AvgIpc) is 3.59. The molecule has 0 saturated heterocycles. The molecule has 5 aromatic carbocycles. The first-order valence-corrected chi connectivity index (χ1v) is 12.8. The van der Waals surface area contributed by atoms with Crippen molar-refractivity contribution in [1.82, 2.24) is 0 Å². The molecule has 0 spiro atoms. The largest absolute Gasteiger partial charge is 0.192 e. The van der Waals surface area contributed by atoms with Crippen LogP contribution in [0.25, 0.3) is 33.4 Å². The fourth-order valence-electron chi connectivity index (χ4n) is 7.14. The molecule has 0 fully saturated rings. The van der Waals surface area contributed by atoms with Crippen LogP contribution in [-0.4, -0.2) is 0 Å². The molecular weight excluding hydrogens is 434 g/mol. The van der Waals surface area contributed by atoms with Crippen LogP contribution in [0.4, 0.5) is 0 Å². The molecule has 0 bridgehead atoms. The topological polar surface area (TPSA) is 23.8 Å². The number of benzene rings is 5. The smallest absolute Gasteiger partial charge is 0.0991 e. The van der Waals surface area contributed by atoms with Crippen LogP contribution in [0.5, 0.6) is 0 Å². The summed E-state index contributed by atoms with van der Waals surface area (Å²) < 4.78 is 0. The molecule has 1 heteroatoms. The fourth-order valence-corrected chi connectivity index (χ4v) is 7.14. The normalized spacial score (nSPS) is 15.4. The van der Waals surface area contributed by atoms with Crippen molar-refractivity contribution in [1.29, 1.82) is 5.26 Å². The Morgan fingerprint density at radius 1 is 0.639 bits per heavy atom. The van der Waals surface area contributed by atoms with E-state index in [1.165, 1.54) is 72.3 Å². The van der Waals surface area contributed by atoms with E-state index in [0.717, 1.165) is 24.8 Å². The summed E-state index contributed by atoms with van der Waals surface area (Å²) in [6, 6.07) is 37.5. The number of nitriles is 1. The van der Waals surface area contributed by atoms with Crippen molar-refractivity contribution < 1.29 is 0 Å². The molecular formula is C35H23N. The minimum Gasteiger partial charge on any atom is -0.192 e. The van der Waals surface area contributed by atoms with Crippen LogP contribution >= 0.6 is 0 Å². The van der Waals surface area contributed by atoms with Gasteiger partial charge in [0, 0.05) is 5.92 Å². The highest BCUT2D eigenvalue weighted by Gasteiger charge is 2.40. The van der Waals surface area contributed by atoms with Crippen LogP contribution in [-0.2, 0) is 19.3 Å². The number of hydrogen-bond acceptors (Lipinski definition) is 1. The minimum atomic E-state index is 0.277. The third kappa shape index (κ3) is 2.59. The quantitative estimate of drug-likeness (QED) is 0.258. The van der Waals surface area contributed by atoms with Gasteiger partial charge in [-0.3, -0.25) is 0 Å². The van der Waals surface area contributed by atoms with Crippen LogP contribution in [0.15, 0.2) is 97.1 Å². The highest BCUT2D eigenvalue weighted by molar-refractivity contribution is 6.01. The van der Waals surface area contributed by atoms with E-state index in [1.54, 1.807) is 0 Å². The highest BCUT2D eigenvalue weighted by Crippen LogP contribution is 2.59.